The molecule has 4 nitrogen and oxygen atoms in total. The van der Waals surface area contributed by atoms with Gasteiger partial charge in [0, 0.05) is 5.54 Å². The van der Waals surface area contributed by atoms with Gasteiger partial charge >= 0.3 is 12.1 Å². The summed E-state index contributed by atoms with van der Waals surface area (Å²) in [5, 5.41) is 11.6. The number of benzene rings is 1. The summed E-state index contributed by atoms with van der Waals surface area (Å²) in [7, 11) is 0. The van der Waals surface area contributed by atoms with Gasteiger partial charge in [0.25, 0.3) is 0 Å². The molecule has 23 heavy (non-hydrogen) atoms. The van der Waals surface area contributed by atoms with Gasteiger partial charge in [-0.15, -0.1) is 0 Å². The Bertz CT molecular complexity index is 566. The van der Waals surface area contributed by atoms with E-state index in [1.165, 1.54) is 12.1 Å². The molecule has 0 bridgehead atoms. The molecule has 2 N–H and O–H groups in total. The Balaban J connectivity index is 2.85. The third kappa shape index (κ3) is 5.58. The van der Waals surface area contributed by atoms with Crippen LogP contribution in [0, 0.1) is 0 Å². The third-order valence-electron chi connectivity index (χ3n) is 3.87. The molecular formula is C16H20F3NO3. The van der Waals surface area contributed by atoms with Crippen LogP contribution in [0.1, 0.15) is 44.2 Å². The molecule has 0 saturated heterocycles. The lowest BCUT2D eigenvalue weighted by atomic mass is 9.88. The Morgan fingerprint density at radius 3 is 2.26 bits per heavy atom. The van der Waals surface area contributed by atoms with Crippen LogP contribution in [0.25, 0.3) is 0 Å². The van der Waals surface area contributed by atoms with Gasteiger partial charge in [-0.25, -0.2) is 0 Å². The van der Waals surface area contributed by atoms with Crippen molar-refractivity contribution in [3.63, 3.8) is 0 Å². The van der Waals surface area contributed by atoms with Gasteiger partial charge in [0.1, 0.15) is 0 Å². The SMILES string of the molecule is CCC(CC)(CC(=O)O)NC(=O)Cc1cccc(C(F)(F)F)c1. The maximum atomic E-state index is 12.7. The summed E-state index contributed by atoms with van der Waals surface area (Å²) in [5.41, 5.74) is -1.47. The molecule has 7 heteroatoms. The molecule has 0 aliphatic carbocycles. The molecule has 0 aliphatic rings. The van der Waals surface area contributed by atoms with Gasteiger partial charge in [0.2, 0.25) is 5.91 Å². The molecule has 0 saturated carbocycles. The Kier molecular flexibility index (Phi) is 6.18. The molecule has 0 unspecified atom stereocenters. The van der Waals surface area contributed by atoms with Gasteiger partial charge in [-0.2, -0.15) is 13.2 Å². The van der Waals surface area contributed by atoms with Crippen LogP contribution < -0.4 is 5.32 Å². The molecule has 1 amide bonds. The Hall–Kier alpha value is -2.05. The number of hydrogen-bond donors (Lipinski definition) is 2. The second kappa shape index (κ2) is 7.48. The molecule has 0 atom stereocenters. The highest BCUT2D eigenvalue weighted by molar-refractivity contribution is 5.80. The number of hydrogen-bond acceptors (Lipinski definition) is 2. The zero-order valence-electron chi connectivity index (χ0n) is 13.0. The predicted octanol–water partition coefficient (Wildman–Crippen LogP) is 3.40. The molecular weight excluding hydrogens is 311 g/mol. The maximum Gasteiger partial charge on any atom is 0.416 e. The highest BCUT2D eigenvalue weighted by Crippen LogP contribution is 2.29. The molecule has 0 fully saturated rings. The normalized spacial score (nSPS) is 12.0. The molecule has 128 valence electrons. The third-order valence-corrected chi connectivity index (χ3v) is 3.87. The summed E-state index contributed by atoms with van der Waals surface area (Å²) in [6.07, 6.45) is -4.08. The first-order valence-corrected chi connectivity index (χ1v) is 7.31. The van der Waals surface area contributed by atoms with E-state index in [-0.39, 0.29) is 18.4 Å². The number of rotatable bonds is 7. The van der Waals surface area contributed by atoms with Gasteiger partial charge in [0.15, 0.2) is 0 Å². The fraction of sp³-hybridized carbons (Fsp3) is 0.500. The number of nitrogens with one attached hydrogen (secondary N) is 1. The van der Waals surface area contributed by atoms with E-state index < -0.39 is 29.2 Å². The van der Waals surface area contributed by atoms with Crippen molar-refractivity contribution < 1.29 is 27.9 Å². The highest BCUT2D eigenvalue weighted by Gasteiger charge is 2.32. The standard InChI is InChI=1S/C16H20F3NO3/c1-3-15(4-2,10-14(22)23)20-13(21)9-11-6-5-7-12(8-11)16(17,18)19/h5-8H,3-4,9-10H2,1-2H3,(H,20,21)(H,22,23). The van der Waals surface area contributed by atoms with Gasteiger partial charge in [-0.1, -0.05) is 32.0 Å². The number of halogens is 3. The summed E-state index contributed by atoms with van der Waals surface area (Å²) in [6.45, 7) is 3.52. The number of carboxylic acids is 1. The largest absolute Gasteiger partial charge is 0.481 e. The maximum absolute atomic E-state index is 12.7. The van der Waals surface area contributed by atoms with Crippen molar-refractivity contribution in [2.75, 3.05) is 0 Å². The Morgan fingerprint density at radius 1 is 1.17 bits per heavy atom. The average Bonchev–Trinajstić information content (AvgIpc) is 2.45. The number of amides is 1. The van der Waals surface area contributed by atoms with Crippen molar-refractivity contribution in [3.8, 4) is 0 Å². The van der Waals surface area contributed by atoms with Crippen LogP contribution in [-0.2, 0) is 22.2 Å². The van der Waals surface area contributed by atoms with Crippen molar-refractivity contribution in [2.45, 2.75) is 51.2 Å². The lowest BCUT2D eigenvalue weighted by molar-refractivity contribution is -0.140. The van der Waals surface area contributed by atoms with Crippen molar-refractivity contribution >= 4 is 11.9 Å². The van der Waals surface area contributed by atoms with Gasteiger partial charge < -0.3 is 10.4 Å². The lowest BCUT2D eigenvalue weighted by Gasteiger charge is -2.31. The minimum Gasteiger partial charge on any atom is -0.481 e. The van der Waals surface area contributed by atoms with E-state index in [0.717, 1.165) is 12.1 Å². The number of carbonyl (C=O) groups excluding carboxylic acids is 1. The number of carbonyl (C=O) groups is 2. The fourth-order valence-corrected chi connectivity index (χ4v) is 2.39. The van der Waals surface area contributed by atoms with Crippen LogP contribution >= 0.6 is 0 Å². The first kappa shape index (κ1) is 19.0. The highest BCUT2D eigenvalue weighted by atomic mass is 19.4. The van der Waals surface area contributed by atoms with Crippen LogP contribution in [0.2, 0.25) is 0 Å². The molecule has 1 rings (SSSR count). The molecule has 0 aromatic heterocycles. The van der Waals surface area contributed by atoms with E-state index >= 15 is 0 Å². The van der Waals surface area contributed by atoms with E-state index in [2.05, 4.69) is 5.32 Å². The molecule has 0 heterocycles. The van der Waals surface area contributed by atoms with Crippen LogP contribution in [0.3, 0.4) is 0 Å². The first-order valence-electron chi connectivity index (χ1n) is 7.31. The first-order chi connectivity index (χ1) is 10.6. The monoisotopic (exact) mass is 331 g/mol. The zero-order chi connectivity index (χ0) is 17.7. The van der Waals surface area contributed by atoms with Crippen molar-refractivity contribution in [1.82, 2.24) is 5.32 Å². The molecule has 1 aromatic rings. The lowest BCUT2D eigenvalue weighted by Crippen LogP contribution is -2.49. The Labute approximate surface area is 132 Å². The van der Waals surface area contributed by atoms with Crippen molar-refractivity contribution in [1.29, 1.82) is 0 Å². The molecule has 0 radical (unpaired) electrons. The predicted molar refractivity (Wildman–Crippen MR) is 78.9 cm³/mol. The van der Waals surface area contributed by atoms with Gasteiger partial charge in [-0.05, 0) is 24.5 Å². The second-order valence-electron chi connectivity index (χ2n) is 5.48. The minimum absolute atomic E-state index is 0.228. The number of aliphatic carboxylic acids is 1. The van der Waals surface area contributed by atoms with Crippen LogP contribution in [0.5, 0.6) is 0 Å². The van der Waals surface area contributed by atoms with Crippen LogP contribution in [0.15, 0.2) is 24.3 Å². The quantitative estimate of drug-likeness (QED) is 0.805. The zero-order valence-corrected chi connectivity index (χ0v) is 13.0. The second-order valence-corrected chi connectivity index (χ2v) is 5.48. The van der Waals surface area contributed by atoms with Crippen molar-refractivity contribution in [3.05, 3.63) is 35.4 Å². The summed E-state index contributed by atoms with van der Waals surface area (Å²) in [5.74, 6) is -1.53. The average molecular weight is 331 g/mol. The molecule has 0 aliphatic heterocycles. The van der Waals surface area contributed by atoms with E-state index in [0.29, 0.717) is 12.8 Å². The summed E-state index contributed by atoms with van der Waals surface area (Å²) >= 11 is 0. The summed E-state index contributed by atoms with van der Waals surface area (Å²) in [4.78, 5) is 23.1. The number of carboxylic acid groups (broad SMARTS) is 1. The Morgan fingerprint density at radius 2 is 1.78 bits per heavy atom. The summed E-state index contributed by atoms with van der Waals surface area (Å²) < 4.78 is 38.0. The van der Waals surface area contributed by atoms with E-state index in [1.54, 1.807) is 13.8 Å². The topological polar surface area (TPSA) is 66.4 Å². The van der Waals surface area contributed by atoms with Crippen molar-refractivity contribution in [2.24, 2.45) is 0 Å². The molecule has 1 aromatic carbocycles. The minimum atomic E-state index is -4.47. The van der Waals surface area contributed by atoms with Gasteiger partial charge in [-0.3, -0.25) is 9.59 Å². The summed E-state index contributed by atoms with van der Waals surface area (Å²) in [6, 6.07) is 4.55. The fourth-order valence-electron chi connectivity index (χ4n) is 2.39. The van der Waals surface area contributed by atoms with E-state index in [4.69, 9.17) is 5.11 Å². The van der Waals surface area contributed by atoms with Crippen LogP contribution in [-0.4, -0.2) is 22.5 Å². The molecule has 0 spiro atoms. The smallest absolute Gasteiger partial charge is 0.416 e. The van der Waals surface area contributed by atoms with E-state index in [1.807, 2.05) is 0 Å². The van der Waals surface area contributed by atoms with Gasteiger partial charge in [0.05, 0.1) is 18.4 Å². The van der Waals surface area contributed by atoms with Crippen LogP contribution in [0.4, 0.5) is 13.2 Å². The van der Waals surface area contributed by atoms with E-state index in [9.17, 15) is 22.8 Å². The number of alkyl halides is 3.